The van der Waals surface area contributed by atoms with E-state index in [-0.39, 0.29) is 18.0 Å². The number of thiazole rings is 1. The van der Waals surface area contributed by atoms with Crippen LogP contribution in [-0.2, 0) is 0 Å². The predicted molar refractivity (Wildman–Crippen MR) is 62.7 cm³/mol. The molecule has 0 saturated heterocycles. The second-order valence-electron chi connectivity index (χ2n) is 3.03. The Bertz CT molecular complexity index is 390. The van der Waals surface area contributed by atoms with Gasteiger partial charge in [-0.25, -0.2) is 9.98 Å². The monoisotopic (exact) mass is 226 g/mol. The zero-order valence-electron chi connectivity index (χ0n) is 8.64. The second-order valence-corrected chi connectivity index (χ2v) is 3.92. The van der Waals surface area contributed by atoms with E-state index < -0.39 is 0 Å². The molecule has 1 atom stereocenters. The van der Waals surface area contributed by atoms with Gasteiger partial charge in [-0.1, -0.05) is 0 Å². The Hall–Kier alpha value is -1.63. The van der Waals surface area contributed by atoms with Crippen molar-refractivity contribution in [3.05, 3.63) is 16.1 Å². The molecule has 1 aromatic rings. The van der Waals surface area contributed by atoms with Gasteiger partial charge in [-0.2, -0.15) is 4.99 Å². The molecule has 0 fully saturated rings. The van der Waals surface area contributed by atoms with Crippen molar-refractivity contribution < 1.29 is 0 Å². The predicted octanol–water partition coefficient (Wildman–Crippen LogP) is 0.101. The Balaban J connectivity index is 2.78. The molecule has 6 N–H and O–H groups in total. The molecule has 0 aromatic carbocycles. The molecule has 0 bridgehead atoms. The fourth-order valence-corrected chi connectivity index (χ4v) is 1.77. The van der Waals surface area contributed by atoms with Crippen LogP contribution < -0.4 is 17.2 Å². The van der Waals surface area contributed by atoms with Gasteiger partial charge < -0.3 is 17.2 Å². The maximum Gasteiger partial charge on any atom is 0.219 e. The van der Waals surface area contributed by atoms with E-state index in [9.17, 15) is 0 Å². The van der Waals surface area contributed by atoms with Gasteiger partial charge in [0.05, 0.1) is 0 Å². The number of guanidine groups is 2. The summed E-state index contributed by atoms with van der Waals surface area (Å²) in [5.74, 6) is -0.0332. The van der Waals surface area contributed by atoms with E-state index in [0.717, 1.165) is 10.7 Å². The molecule has 0 saturated carbocycles. The van der Waals surface area contributed by atoms with Crippen LogP contribution in [0.2, 0.25) is 0 Å². The first-order chi connectivity index (χ1) is 6.99. The third-order valence-corrected chi connectivity index (χ3v) is 2.70. The van der Waals surface area contributed by atoms with Crippen molar-refractivity contribution in [1.29, 1.82) is 0 Å². The molecule has 1 heterocycles. The van der Waals surface area contributed by atoms with E-state index >= 15 is 0 Å². The number of rotatable bonds is 2. The van der Waals surface area contributed by atoms with Gasteiger partial charge in [0.25, 0.3) is 0 Å². The topological polar surface area (TPSA) is 116 Å². The van der Waals surface area contributed by atoms with Crippen LogP contribution in [0.5, 0.6) is 0 Å². The fourth-order valence-electron chi connectivity index (χ4n) is 0.979. The number of nitrogens with zero attached hydrogens (tertiary/aromatic N) is 3. The summed E-state index contributed by atoms with van der Waals surface area (Å²) in [5, 5.41) is 2.85. The van der Waals surface area contributed by atoms with Crippen LogP contribution in [-0.4, -0.2) is 16.9 Å². The summed E-state index contributed by atoms with van der Waals surface area (Å²) in [5.41, 5.74) is 16.8. The Kier molecular flexibility index (Phi) is 3.62. The van der Waals surface area contributed by atoms with E-state index in [1.807, 2.05) is 19.2 Å². The van der Waals surface area contributed by atoms with Gasteiger partial charge >= 0.3 is 0 Å². The highest BCUT2D eigenvalue weighted by Crippen LogP contribution is 2.20. The average molecular weight is 226 g/mol. The molecule has 1 rings (SSSR count). The Morgan fingerprint density at radius 2 is 2.13 bits per heavy atom. The highest BCUT2D eigenvalue weighted by molar-refractivity contribution is 7.09. The average Bonchev–Trinajstić information content (AvgIpc) is 2.49. The van der Waals surface area contributed by atoms with Crippen LogP contribution in [0.3, 0.4) is 0 Å². The van der Waals surface area contributed by atoms with E-state index in [1.165, 1.54) is 11.3 Å². The van der Waals surface area contributed by atoms with Crippen molar-refractivity contribution in [1.82, 2.24) is 4.98 Å². The van der Waals surface area contributed by atoms with E-state index in [4.69, 9.17) is 17.2 Å². The summed E-state index contributed by atoms with van der Waals surface area (Å²) in [6.07, 6.45) is 0. The van der Waals surface area contributed by atoms with Crippen molar-refractivity contribution in [3.63, 3.8) is 0 Å². The SMILES string of the molecule is Cc1csc(C(C)N=C(N)N=C(N)N)n1. The maximum absolute atomic E-state index is 5.50. The van der Waals surface area contributed by atoms with Gasteiger partial charge in [0.15, 0.2) is 5.96 Å². The largest absolute Gasteiger partial charge is 0.370 e. The van der Waals surface area contributed by atoms with Crippen molar-refractivity contribution in [2.75, 3.05) is 0 Å². The molecule has 6 nitrogen and oxygen atoms in total. The van der Waals surface area contributed by atoms with Crippen molar-refractivity contribution in [2.45, 2.75) is 19.9 Å². The fraction of sp³-hybridized carbons (Fsp3) is 0.375. The van der Waals surface area contributed by atoms with Gasteiger partial charge in [0, 0.05) is 11.1 Å². The molecular formula is C8H14N6S. The Labute approximate surface area is 91.9 Å². The maximum atomic E-state index is 5.50. The van der Waals surface area contributed by atoms with E-state index in [0.29, 0.717) is 0 Å². The smallest absolute Gasteiger partial charge is 0.219 e. The standard InChI is InChI=1S/C8H14N6S/c1-4-3-15-6(12-4)5(2)13-8(11)14-7(9)10/h3,5H,1-2H3,(H6,9,10,11,13,14). The number of hydrogen-bond acceptors (Lipinski definition) is 3. The molecule has 1 aromatic heterocycles. The molecule has 0 aliphatic rings. The highest BCUT2D eigenvalue weighted by atomic mass is 32.1. The highest BCUT2D eigenvalue weighted by Gasteiger charge is 2.08. The third-order valence-electron chi connectivity index (χ3n) is 1.56. The first-order valence-electron chi connectivity index (χ1n) is 4.34. The molecule has 0 aliphatic heterocycles. The number of nitrogens with two attached hydrogens (primary N) is 3. The summed E-state index contributed by atoms with van der Waals surface area (Å²) >= 11 is 1.53. The van der Waals surface area contributed by atoms with Crippen LogP contribution in [0.15, 0.2) is 15.4 Å². The Morgan fingerprint density at radius 3 is 2.60 bits per heavy atom. The Morgan fingerprint density at radius 1 is 1.47 bits per heavy atom. The minimum Gasteiger partial charge on any atom is -0.370 e. The minimum atomic E-state index is -0.133. The quantitative estimate of drug-likeness (QED) is 0.490. The van der Waals surface area contributed by atoms with Crippen LogP contribution in [0.4, 0.5) is 0 Å². The van der Waals surface area contributed by atoms with Crippen molar-refractivity contribution in [3.8, 4) is 0 Å². The normalized spacial score (nSPS) is 13.6. The second kappa shape index (κ2) is 4.74. The first-order valence-corrected chi connectivity index (χ1v) is 5.22. The molecular weight excluding hydrogens is 212 g/mol. The minimum absolute atomic E-state index is 0.0651. The van der Waals surface area contributed by atoms with Crippen molar-refractivity contribution in [2.24, 2.45) is 27.2 Å². The van der Waals surface area contributed by atoms with Gasteiger partial charge in [0.1, 0.15) is 11.0 Å². The summed E-state index contributed by atoms with van der Waals surface area (Å²) in [4.78, 5) is 12.0. The van der Waals surface area contributed by atoms with Gasteiger partial charge in [0.2, 0.25) is 5.96 Å². The van der Waals surface area contributed by atoms with Gasteiger partial charge in [-0.05, 0) is 13.8 Å². The number of aromatic nitrogens is 1. The lowest BCUT2D eigenvalue weighted by Crippen LogP contribution is -2.26. The van der Waals surface area contributed by atoms with Crippen LogP contribution in [0.25, 0.3) is 0 Å². The molecule has 15 heavy (non-hydrogen) atoms. The van der Waals surface area contributed by atoms with Crippen LogP contribution >= 0.6 is 11.3 Å². The lowest BCUT2D eigenvalue weighted by atomic mass is 10.4. The van der Waals surface area contributed by atoms with Gasteiger partial charge in [-0.3, -0.25) is 0 Å². The molecule has 7 heteroatoms. The van der Waals surface area contributed by atoms with Crippen LogP contribution in [0.1, 0.15) is 23.7 Å². The molecule has 82 valence electrons. The number of aryl methyl sites for hydroxylation is 1. The molecule has 1 unspecified atom stereocenters. The van der Waals surface area contributed by atoms with Gasteiger partial charge in [-0.15, -0.1) is 11.3 Å². The summed E-state index contributed by atoms with van der Waals surface area (Å²) in [6.45, 7) is 3.81. The zero-order chi connectivity index (χ0) is 11.4. The molecule has 0 amide bonds. The summed E-state index contributed by atoms with van der Waals surface area (Å²) < 4.78 is 0. The lowest BCUT2D eigenvalue weighted by molar-refractivity contribution is 0.801. The van der Waals surface area contributed by atoms with E-state index in [1.54, 1.807) is 0 Å². The number of hydrogen-bond donors (Lipinski definition) is 3. The lowest BCUT2D eigenvalue weighted by Gasteiger charge is -2.01. The zero-order valence-corrected chi connectivity index (χ0v) is 9.45. The number of aliphatic imine (C=N–C) groups is 2. The third kappa shape index (κ3) is 3.55. The van der Waals surface area contributed by atoms with Crippen LogP contribution in [0, 0.1) is 6.92 Å². The van der Waals surface area contributed by atoms with Crippen molar-refractivity contribution >= 4 is 23.3 Å². The molecule has 0 aliphatic carbocycles. The summed E-state index contributed by atoms with van der Waals surface area (Å²) in [6, 6.07) is -0.133. The molecule has 0 radical (unpaired) electrons. The van der Waals surface area contributed by atoms with E-state index in [2.05, 4.69) is 15.0 Å². The first kappa shape index (κ1) is 11.4. The summed E-state index contributed by atoms with van der Waals surface area (Å²) in [7, 11) is 0. The molecule has 0 spiro atoms.